The predicted molar refractivity (Wildman–Crippen MR) is 176 cm³/mol. The van der Waals surface area contributed by atoms with Crippen LogP contribution in [0.5, 0.6) is 17.2 Å². The Hall–Kier alpha value is -4.16. The van der Waals surface area contributed by atoms with E-state index in [0.29, 0.717) is 23.6 Å². The maximum absolute atomic E-state index is 14.0. The topological polar surface area (TPSA) is 62.2 Å². The Morgan fingerprint density at radius 3 is 2.58 bits per heavy atom. The molecule has 5 atom stereocenters. The molecule has 2 aliphatic carbocycles. The van der Waals surface area contributed by atoms with Crippen LogP contribution in [0.4, 0.5) is 13.2 Å². The van der Waals surface area contributed by atoms with Crippen molar-refractivity contribution in [2.45, 2.75) is 75.7 Å². The highest BCUT2D eigenvalue weighted by Gasteiger charge is 2.67. The van der Waals surface area contributed by atoms with Crippen LogP contribution in [-0.2, 0) is 29.2 Å². The maximum Gasteiger partial charge on any atom is 0.416 e. The van der Waals surface area contributed by atoms with Crippen LogP contribution in [0.1, 0.15) is 60.9 Å². The second-order valence-electron chi connectivity index (χ2n) is 14.1. The summed E-state index contributed by atoms with van der Waals surface area (Å²) in [6.45, 7) is 6.37. The number of benzene rings is 3. The number of alkyl halides is 3. The Balaban J connectivity index is 1.23. The van der Waals surface area contributed by atoms with E-state index in [0.717, 1.165) is 68.5 Å². The Morgan fingerprint density at radius 2 is 1.90 bits per heavy atom. The van der Waals surface area contributed by atoms with E-state index >= 15 is 0 Å². The SMILES string of the molecule is COc1cc(O)c2c3c1O[C@H]1[C@H](N(CC(C)C)C(=O)C#Cc4ccc(C(F)(F)F)cc4)CC[C@H]4[C@@H](C2)N(CCc2ccccc2)CC[C@@]341. The fraction of sp³-hybridized carbons (Fsp3) is 0.462. The lowest BCUT2D eigenvalue weighted by atomic mass is 9.50. The summed E-state index contributed by atoms with van der Waals surface area (Å²) < 4.78 is 52.0. The van der Waals surface area contributed by atoms with Gasteiger partial charge in [-0.05, 0) is 80.3 Å². The molecule has 1 spiro atoms. The van der Waals surface area contributed by atoms with Gasteiger partial charge in [-0.25, -0.2) is 0 Å². The van der Waals surface area contributed by atoms with E-state index in [2.05, 4.69) is 54.9 Å². The summed E-state index contributed by atoms with van der Waals surface area (Å²) in [5, 5.41) is 11.4. The number of phenols is 1. The van der Waals surface area contributed by atoms with E-state index in [1.54, 1.807) is 13.2 Å². The number of nitrogens with zero attached hydrogens (tertiary/aromatic N) is 2. The Morgan fingerprint density at radius 1 is 1.15 bits per heavy atom. The van der Waals surface area contributed by atoms with Crippen molar-refractivity contribution in [1.29, 1.82) is 0 Å². The summed E-state index contributed by atoms with van der Waals surface area (Å²) in [5.74, 6) is 7.02. The quantitative estimate of drug-likeness (QED) is 0.290. The van der Waals surface area contributed by atoms with Crippen LogP contribution in [0.15, 0.2) is 60.7 Å². The van der Waals surface area contributed by atoms with Gasteiger partial charge in [-0.2, -0.15) is 13.2 Å². The molecule has 2 heterocycles. The fourth-order valence-electron chi connectivity index (χ4n) is 9.02. The molecule has 0 unspecified atom stereocenters. The second-order valence-corrected chi connectivity index (χ2v) is 14.1. The van der Waals surface area contributed by atoms with Crippen LogP contribution in [-0.4, -0.2) is 65.7 Å². The average molecular weight is 659 g/mol. The maximum atomic E-state index is 14.0. The summed E-state index contributed by atoms with van der Waals surface area (Å²) in [6.07, 6.45) is -0.663. The molecule has 7 rings (SSSR count). The number of amides is 1. The van der Waals surface area contributed by atoms with E-state index in [1.807, 2.05) is 11.0 Å². The number of carbonyl (C=O) groups excluding carboxylic acids is 1. The Labute approximate surface area is 279 Å². The lowest BCUT2D eigenvalue weighted by molar-refractivity contribution is -0.138. The van der Waals surface area contributed by atoms with Crippen molar-refractivity contribution in [3.63, 3.8) is 0 Å². The molecule has 252 valence electrons. The predicted octanol–water partition coefficient (Wildman–Crippen LogP) is 6.61. The van der Waals surface area contributed by atoms with Gasteiger partial charge in [0.25, 0.3) is 5.91 Å². The third kappa shape index (κ3) is 5.48. The molecule has 9 heteroatoms. The Kier molecular flexibility index (Phi) is 8.35. The van der Waals surface area contributed by atoms with Crippen LogP contribution >= 0.6 is 0 Å². The van der Waals surface area contributed by atoms with Gasteiger partial charge in [0.1, 0.15) is 11.9 Å². The molecule has 6 nitrogen and oxygen atoms in total. The molecule has 2 bridgehead atoms. The minimum absolute atomic E-state index is 0.147. The van der Waals surface area contributed by atoms with Crippen molar-refractivity contribution in [1.82, 2.24) is 9.80 Å². The zero-order valence-electron chi connectivity index (χ0n) is 27.5. The second kappa shape index (κ2) is 12.4. The first-order valence-corrected chi connectivity index (χ1v) is 16.9. The van der Waals surface area contributed by atoms with Gasteiger partial charge in [0, 0.05) is 53.2 Å². The molecule has 3 aromatic rings. The molecular formula is C39H41F3N2O4. The molecule has 2 fully saturated rings. The first kappa shape index (κ1) is 32.4. The van der Waals surface area contributed by atoms with Gasteiger partial charge in [0.15, 0.2) is 11.5 Å². The largest absolute Gasteiger partial charge is 0.508 e. The molecule has 0 aromatic heterocycles. The molecule has 2 aliphatic heterocycles. The third-order valence-electron chi connectivity index (χ3n) is 11.0. The van der Waals surface area contributed by atoms with E-state index < -0.39 is 17.2 Å². The number of rotatable bonds is 7. The highest BCUT2D eigenvalue weighted by Crippen LogP contribution is 2.65. The van der Waals surface area contributed by atoms with Crippen molar-refractivity contribution >= 4 is 5.91 Å². The van der Waals surface area contributed by atoms with E-state index in [-0.39, 0.29) is 41.7 Å². The summed E-state index contributed by atoms with van der Waals surface area (Å²) in [7, 11) is 1.58. The lowest BCUT2D eigenvalue weighted by Gasteiger charge is -2.60. The smallest absolute Gasteiger partial charge is 0.416 e. The number of carbonyl (C=O) groups is 1. The monoisotopic (exact) mass is 658 g/mol. The number of hydrogen-bond donors (Lipinski definition) is 1. The fourth-order valence-corrected chi connectivity index (χ4v) is 9.02. The van der Waals surface area contributed by atoms with Gasteiger partial charge in [-0.15, -0.1) is 0 Å². The number of methoxy groups -OCH3 is 1. The van der Waals surface area contributed by atoms with E-state index in [4.69, 9.17) is 9.47 Å². The molecule has 1 saturated carbocycles. The van der Waals surface area contributed by atoms with Gasteiger partial charge in [0.2, 0.25) is 0 Å². The van der Waals surface area contributed by atoms with Gasteiger partial charge in [-0.3, -0.25) is 9.69 Å². The van der Waals surface area contributed by atoms with E-state index in [9.17, 15) is 23.1 Å². The minimum Gasteiger partial charge on any atom is -0.508 e. The van der Waals surface area contributed by atoms with Crippen molar-refractivity contribution < 1.29 is 32.5 Å². The first-order chi connectivity index (χ1) is 23.0. The number of aromatic hydroxyl groups is 1. The normalized spacial score (nSPS) is 25.5. The van der Waals surface area contributed by atoms with Crippen LogP contribution in [0.25, 0.3) is 0 Å². The number of ether oxygens (including phenoxy) is 2. The average Bonchev–Trinajstić information content (AvgIpc) is 3.41. The van der Waals surface area contributed by atoms with Crippen LogP contribution in [0, 0.1) is 23.7 Å². The van der Waals surface area contributed by atoms with Gasteiger partial charge in [-0.1, -0.05) is 50.1 Å². The third-order valence-corrected chi connectivity index (χ3v) is 11.0. The molecule has 1 amide bonds. The molecule has 1 saturated heterocycles. The van der Waals surface area contributed by atoms with Gasteiger partial charge >= 0.3 is 6.18 Å². The molecular weight excluding hydrogens is 617 g/mol. The van der Waals surface area contributed by atoms with Crippen LogP contribution < -0.4 is 9.47 Å². The van der Waals surface area contributed by atoms with Crippen molar-refractivity contribution in [3.8, 4) is 29.1 Å². The van der Waals surface area contributed by atoms with Crippen LogP contribution in [0.2, 0.25) is 0 Å². The number of halogens is 3. The molecule has 3 aromatic carbocycles. The molecule has 4 aliphatic rings. The summed E-state index contributed by atoms with van der Waals surface area (Å²) >= 11 is 0. The minimum atomic E-state index is -4.44. The molecule has 0 radical (unpaired) electrons. The van der Waals surface area contributed by atoms with Crippen molar-refractivity contribution in [2.24, 2.45) is 11.8 Å². The van der Waals surface area contributed by atoms with Crippen molar-refractivity contribution in [3.05, 3.63) is 88.5 Å². The summed E-state index contributed by atoms with van der Waals surface area (Å²) in [4.78, 5) is 18.4. The highest BCUT2D eigenvalue weighted by atomic mass is 19.4. The highest BCUT2D eigenvalue weighted by molar-refractivity contribution is 5.94. The van der Waals surface area contributed by atoms with Crippen LogP contribution in [0.3, 0.4) is 0 Å². The summed E-state index contributed by atoms with van der Waals surface area (Å²) in [6, 6.07) is 16.7. The van der Waals surface area contributed by atoms with Crippen molar-refractivity contribution in [2.75, 3.05) is 26.7 Å². The van der Waals surface area contributed by atoms with Gasteiger partial charge in [0.05, 0.1) is 18.7 Å². The Bertz CT molecular complexity index is 1750. The summed E-state index contributed by atoms with van der Waals surface area (Å²) in [5.41, 5.74) is 2.45. The first-order valence-electron chi connectivity index (χ1n) is 16.9. The molecule has 48 heavy (non-hydrogen) atoms. The zero-order valence-corrected chi connectivity index (χ0v) is 27.5. The molecule has 1 N–H and O–H groups in total. The number of likely N-dealkylation sites (tertiary alicyclic amines) is 1. The number of hydrogen-bond acceptors (Lipinski definition) is 5. The standard InChI is InChI=1S/C39H41F3N2O4/c1-24(2)23-44(34(46)16-11-26-9-12-27(13-10-26)39(40,41)42)30-15-14-29-31-21-28-32(45)22-33(47-3)36-35(28)38(29,37(30)48-36)18-20-43(31)19-17-25-7-5-4-6-8-25/h4-10,12-13,22,24,29-31,37,45H,14-15,17-21,23H2,1-3H3/t29-,30+,31+,37-,38-/m0/s1. The van der Waals surface area contributed by atoms with E-state index in [1.165, 1.54) is 17.7 Å². The zero-order chi connectivity index (χ0) is 33.8. The number of piperidine rings is 1. The van der Waals surface area contributed by atoms with Gasteiger partial charge < -0.3 is 19.5 Å². The number of phenolic OH excluding ortho intramolecular Hbond substituents is 1. The lowest BCUT2D eigenvalue weighted by Crippen LogP contribution is -2.69.